The molecule has 0 N–H and O–H groups in total. The van der Waals surface area contributed by atoms with Crippen molar-refractivity contribution in [3.63, 3.8) is 0 Å². The highest BCUT2D eigenvalue weighted by molar-refractivity contribution is 7.89. The number of piperidine rings is 1. The quantitative estimate of drug-likeness (QED) is 0.443. The van der Waals surface area contributed by atoms with Gasteiger partial charge in [-0.25, -0.2) is 8.42 Å². The minimum Gasteiger partial charge on any atom is -0.212 e. The third-order valence-corrected chi connectivity index (χ3v) is 13.6. The second kappa shape index (κ2) is 8.11. The fourth-order valence-corrected chi connectivity index (χ4v) is 11.2. The van der Waals surface area contributed by atoms with Gasteiger partial charge in [0.15, 0.2) is 0 Å². The van der Waals surface area contributed by atoms with E-state index in [9.17, 15) is 8.42 Å². The van der Waals surface area contributed by atoms with Crippen molar-refractivity contribution in [1.82, 2.24) is 4.31 Å². The minimum absolute atomic E-state index is 0.115. The monoisotopic (exact) mass is 499 g/mol. The van der Waals surface area contributed by atoms with Crippen molar-refractivity contribution in [3.05, 3.63) is 33.4 Å². The van der Waals surface area contributed by atoms with Crippen molar-refractivity contribution in [2.45, 2.75) is 147 Å². The van der Waals surface area contributed by atoms with Crippen LogP contribution in [0.3, 0.4) is 0 Å². The van der Waals surface area contributed by atoms with Crippen LogP contribution in [0.2, 0.25) is 0 Å². The Morgan fingerprint density at radius 3 is 1.77 bits per heavy atom. The summed E-state index contributed by atoms with van der Waals surface area (Å²) in [6.45, 7) is 17.8. The first kappa shape index (κ1) is 25.4. The van der Waals surface area contributed by atoms with Gasteiger partial charge in [0, 0.05) is 5.41 Å². The average Bonchev–Trinajstić information content (AvgIpc) is 3.31. The lowest BCUT2D eigenvalue weighted by atomic mass is 9.52. The molecule has 1 aromatic carbocycles. The number of fused-ring (bicyclic) bond motifs is 8. The van der Waals surface area contributed by atoms with Crippen molar-refractivity contribution in [1.29, 1.82) is 0 Å². The van der Waals surface area contributed by atoms with E-state index in [0.29, 0.717) is 0 Å². The summed E-state index contributed by atoms with van der Waals surface area (Å²) < 4.78 is 31.9. The molecule has 2 fully saturated rings. The van der Waals surface area contributed by atoms with Gasteiger partial charge >= 0.3 is 0 Å². The van der Waals surface area contributed by atoms with Gasteiger partial charge in [-0.3, -0.25) is 0 Å². The molecule has 4 bridgehead atoms. The number of hydrogen-bond donors (Lipinski definition) is 0. The summed E-state index contributed by atoms with van der Waals surface area (Å²) in [5.41, 5.74) is 5.90. The minimum atomic E-state index is -3.60. The van der Waals surface area contributed by atoms with Gasteiger partial charge in [-0.15, -0.1) is 0 Å². The second-order valence-electron chi connectivity index (χ2n) is 12.8. The highest BCUT2D eigenvalue weighted by atomic mass is 32.2. The lowest BCUT2D eigenvalue weighted by molar-refractivity contribution is -0.0475. The maximum absolute atomic E-state index is 14.9. The second-order valence-corrected chi connectivity index (χ2v) is 14.9. The molecule has 1 saturated carbocycles. The summed E-state index contributed by atoms with van der Waals surface area (Å²) in [5, 5.41) is 9.32. The highest BCUT2D eigenvalue weighted by Crippen LogP contribution is 2.65. The Kier molecular flexibility index (Phi) is 5.88. The van der Waals surface area contributed by atoms with Crippen LogP contribution in [0.25, 0.3) is 0 Å². The Labute approximate surface area is 213 Å². The smallest absolute Gasteiger partial charge is 0.212 e. The fourth-order valence-electron chi connectivity index (χ4n) is 8.39. The first-order chi connectivity index (χ1) is 16.3. The third kappa shape index (κ3) is 3.11. The van der Waals surface area contributed by atoms with Gasteiger partial charge in [-0.05, 0) is 94.2 Å². The van der Waals surface area contributed by atoms with Crippen LogP contribution in [-0.4, -0.2) is 35.6 Å². The molecule has 4 atom stereocenters. The number of hydrogen-bond acceptors (Lipinski definition) is 4. The van der Waals surface area contributed by atoms with Crippen LogP contribution in [0.1, 0.15) is 119 Å². The number of benzene rings is 1. The van der Waals surface area contributed by atoms with Crippen LogP contribution in [0.5, 0.6) is 0 Å². The van der Waals surface area contributed by atoms with E-state index in [1.807, 2.05) is 4.31 Å². The van der Waals surface area contributed by atoms with E-state index >= 15 is 0 Å². The predicted octanol–water partition coefficient (Wildman–Crippen LogP) is 6.93. The lowest BCUT2D eigenvalue weighted by Gasteiger charge is -2.67. The van der Waals surface area contributed by atoms with Crippen LogP contribution in [0.4, 0.5) is 0 Å². The van der Waals surface area contributed by atoms with Crippen LogP contribution in [0, 0.1) is 27.7 Å². The molecule has 6 heteroatoms. The summed E-state index contributed by atoms with van der Waals surface area (Å²) >= 11 is 0. The van der Waals surface area contributed by atoms with E-state index in [1.165, 1.54) is 46.2 Å². The van der Waals surface area contributed by atoms with Crippen molar-refractivity contribution >= 4 is 10.0 Å². The van der Waals surface area contributed by atoms with Crippen LogP contribution in [-0.2, 0) is 21.0 Å². The van der Waals surface area contributed by atoms with Crippen molar-refractivity contribution in [2.75, 3.05) is 0 Å². The van der Waals surface area contributed by atoms with Crippen LogP contribution >= 0.6 is 0 Å². The third-order valence-electron chi connectivity index (χ3n) is 11.0. The van der Waals surface area contributed by atoms with Gasteiger partial charge in [0.2, 0.25) is 10.0 Å². The molecule has 5 nitrogen and oxygen atoms in total. The number of sulfonamides is 1. The summed E-state index contributed by atoms with van der Waals surface area (Å²) in [5.74, 6) is 0. The van der Waals surface area contributed by atoms with E-state index in [0.717, 1.165) is 44.9 Å². The summed E-state index contributed by atoms with van der Waals surface area (Å²) in [6.07, 6.45) is 9.11. The van der Waals surface area contributed by atoms with Gasteiger partial charge in [0.25, 0.3) is 0 Å². The summed E-state index contributed by atoms with van der Waals surface area (Å²) in [7, 11) is -3.60. The van der Waals surface area contributed by atoms with E-state index in [1.54, 1.807) is 0 Å². The molecule has 1 saturated heterocycles. The Hall–Kier alpha value is -1.27. The van der Waals surface area contributed by atoms with E-state index in [4.69, 9.17) is 10.2 Å². The molecule has 3 aliphatic heterocycles. The van der Waals surface area contributed by atoms with E-state index in [-0.39, 0.29) is 17.3 Å². The molecule has 0 aromatic heterocycles. The SMILES string of the molecule is Cc1c(C)c(C)c2c(c1C)C1(C)C3CC(N=N3)C(C)(N1S(=O)(=O)C1CCCCCCCC1)C2(C)C. The zero-order valence-corrected chi connectivity index (χ0v) is 24.0. The molecule has 3 heterocycles. The molecule has 1 aromatic rings. The van der Waals surface area contributed by atoms with Crippen LogP contribution in [0.15, 0.2) is 10.2 Å². The Balaban J connectivity index is 1.81. The zero-order valence-electron chi connectivity index (χ0n) is 23.2. The Bertz CT molecular complexity index is 1180. The van der Waals surface area contributed by atoms with Gasteiger partial charge in [-0.1, -0.05) is 52.4 Å². The van der Waals surface area contributed by atoms with Gasteiger partial charge in [0.05, 0.1) is 28.4 Å². The largest absolute Gasteiger partial charge is 0.218 e. The van der Waals surface area contributed by atoms with Gasteiger partial charge in [-0.2, -0.15) is 14.5 Å². The average molecular weight is 500 g/mol. The molecular formula is C29H45N3O2S. The van der Waals surface area contributed by atoms with Gasteiger partial charge < -0.3 is 0 Å². The van der Waals surface area contributed by atoms with E-state index in [2.05, 4.69) is 55.4 Å². The van der Waals surface area contributed by atoms with E-state index < -0.39 is 26.5 Å². The van der Waals surface area contributed by atoms with Crippen molar-refractivity contribution in [3.8, 4) is 0 Å². The molecule has 194 valence electrons. The van der Waals surface area contributed by atoms with Crippen molar-refractivity contribution < 1.29 is 8.42 Å². The maximum Gasteiger partial charge on any atom is 0.218 e. The number of nitrogens with zero attached hydrogens (tertiary/aromatic N) is 3. The number of rotatable bonds is 2. The first-order valence-electron chi connectivity index (χ1n) is 13.9. The first-order valence-corrected chi connectivity index (χ1v) is 15.4. The predicted molar refractivity (Wildman–Crippen MR) is 143 cm³/mol. The topological polar surface area (TPSA) is 62.1 Å². The number of azo groups is 1. The summed E-state index contributed by atoms with van der Waals surface area (Å²) in [4.78, 5) is 0. The highest BCUT2D eigenvalue weighted by Gasteiger charge is 2.73. The molecule has 0 amide bonds. The molecule has 1 aliphatic carbocycles. The molecule has 4 aliphatic rings. The molecular weight excluding hydrogens is 454 g/mol. The molecule has 5 rings (SSSR count). The molecule has 35 heavy (non-hydrogen) atoms. The molecule has 4 unspecified atom stereocenters. The van der Waals surface area contributed by atoms with Crippen LogP contribution < -0.4 is 0 Å². The standard InChI is InChI=1S/C29H45N3O2S/c1-18-19(2)21(4)26-25(20(18)3)27(5,6)29(8)24-17-23(30-31-24)28(26,7)32(29)35(33,34)22-15-13-11-9-10-12-14-16-22/h22-24H,9-17H2,1-8H3. The van der Waals surface area contributed by atoms with Gasteiger partial charge in [0.1, 0.15) is 0 Å². The van der Waals surface area contributed by atoms with Crippen molar-refractivity contribution in [2.24, 2.45) is 10.2 Å². The summed E-state index contributed by atoms with van der Waals surface area (Å²) in [6, 6.07) is -0.252. The maximum atomic E-state index is 14.9. The normalized spacial score (nSPS) is 35.3. The lowest BCUT2D eigenvalue weighted by Crippen LogP contribution is -2.78. The zero-order chi connectivity index (χ0) is 25.6. The Morgan fingerprint density at radius 1 is 0.714 bits per heavy atom. The Morgan fingerprint density at radius 2 is 1.20 bits per heavy atom. The fraction of sp³-hybridized carbons (Fsp3) is 0.793. The molecule has 0 radical (unpaired) electrons. The molecule has 0 spiro atoms.